The van der Waals surface area contributed by atoms with E-state index in [4.69, 9.17) is 0 Å². The number of alkyl halides is 8. The first kappa shape index (κ1) is 95.4. The molecule has 6 bridgehead atoms. The molecule has 0 saturated carbocycles. The van der Waals surface area contributed by atoms with Crippen molar-refractivity contribution < 1.29 is 115 Å². The second-order valence-corrected chi connectivity index (χ2v) is 33.6. The molecule has 7 aliphatic heterocycles. The van der Waals surface area contributed by atoms with Crippen molar-refractivity contribution in [1.29, 1.82) is 0 Å². The summed E-state index contributed by atoms with van der Waals surface area (Å²) in [5.74, 6) is -27.4. The number of aliphatic hydroxyl groups is 4. The molecular formula is C93H95F15N10O10. The van der Waals surface area contributed by atoms with Gasteiger partial charge in [0, 0.05) is 123 Å². The Bertz CT molecular complexity index is 5520. The van der Waals surface area contributed by atoms with Crippen LogP contribution in [0.25, 0.3) is 0 Å². The van der Waals surface area contributed by atoms with Crippen molar-refractivity contribution in [3.05, 3.63) is 272 Å². The zero-order chi connectivity index (χ0) is 93.3. The molecule has 9 heterocycles. The number of allylic oxidation sites excluding steroid dienone is 2. The van der Waals surface area contributed by atoms with E-state index in [1.54, 1.807) is 18.7 Å². The number of rotatable bonds is 19. The molecule has 2 aromatic heterocycles. The number of fused-ring (bicyclic) bond motifs is 6. The lowest BCUT2D eigenvalue weighted by molar-refractivity contribution is -0.165. The first-order valence-electron chi connectivity index (χ1n) is 41.6. The third-order valence-corrected chi connectivity index (χ3v) is 24.6. The molecule has 7 saturated heterocycles. The van der Waals surface area contributed by atoms with Gasteiger partial charge in [-0.3, -0.25) is 28.8 Å². The number of halogens is 15. The number of nitrogens with zero attached hydrogens (tertiary/aromatic N) is 6. The minimum Gasteiger partial charge on any atom is -0.393 e. The molecule has 0 radical (unpaired) electrons. The SMILES string of the molecule is C=C(N1[C@@H]2CC[C@H]1CC(O)C2)C(F)(F)c1cc(C(=O)Nc2cc(C)nc(F)c2)ccc1F.C=C(N1[C@@H]2CC[C@H]1CC(O)C2)C(F)(F)c1ccc(F)c(C(=O)Nc2ccc(F)c(C)c2)c1.CCC1(O)CCN(C(=O)C(F)(F)c2cc(C(=O)Nc3cc(C)nc(F)c3)ccc2F)CC1.Cc1cc(NC(=O)c2ccc(C)c(C(F)(F)C(=O)N3[C@@H]4CC[C@H]3CC(O)C4)c2)ccc1F. The van der Waals surface area contributed by atoms with E-state index in [1.165, 1.54) is 92.1 Å². The number of hydrogen-bond acceptors (Lipinski definition) is 14. The van der Waals surface area contributed by atoms with Crippen molar-refractivity contribution in [2.75, 3.05) is 34.4 Å². The average molecular weight is 1800 g/mol. The molecule has 682 valence electrons. The van der Waals surface area contributed by atoms with Crippen LogP contribution in [0, 0.1) is 75.6 Å². The fourth-order valence-corrected chi connectivity index (χ4v) is 17.8. The zero-order valence-corrected chi connectivity index (χ0v) is 70.4. The molecule has 0 aliphatic carbocycles. The van der Waals surface area contributed by atoms with Gasteiger partial charge in [-0.1, -0.05) is 26.1 Å². The van der Waals surface area contributed by atoms with E-state index in [-0.39, 0.29) is 101 Å². The van der Waals surface area contributed by atoms with Crippen LogP contribution in [-0.2, 0) is 33.3 Å². The summed E-state index contributed by atoms with van der Waals surface area (Å²) in [6.45, 7) is 16.4. The molecule has 6 aromatic carbocycles. The Balaban J connectivity index is 0.000000155. The van der Waals surface area contributed by atoms with E-state index >= 15 is 26.3 Å². The molecule has 7 fully saturated rings. The lowest BCUT2D eigenvalue weighted by Crippen LogP contribution is -2.53. The number of nitrogens with one attached hydrogen (secondary N) is 4. The standard InChI is InChI=1S/C24H24F4N2O2.C24H25F3N2O3.C23H23F4N3O2.C22H23F4N3O3/c1-13-9-16(4-8-21(13)25)29-23(32)20-10-15(3-7-22(20)26)24(27,28)14(2)30-17-5-6-18(30)12-19(31)11-17;1-13-3-4-15(22(31)28-16-5-8-21(25)14(2)9-16)10-20(13)24(26,27)23(32)29-17-6-7-18(29)12-19(30)11-17;1-12-7-15(9-21(25)28-12)29-22(32)14-3-6-20(24)19(8-14)23(26,27)13(2)30-16-4-5-17(30)11-18(31)10-16;1-3-21(32)6-8-29(9-7-21)20(31)22(25,26)16-11-14(4-5-17(16)23)19(30)28-15-10-13(2)27-18(24)12-15/h3-4,7-10,17-19,31H,2,5-6,11-12H2,1H3,(H,29,32);3-5,8-10,17-19,30H,6-7,11-12H2,1-2H3,(H,28,31);3,6-9,16-18,31H,2,4-5,10-11H2,1H3,(H,28,29,32);4-5,10-12,32H,3,6-9H2,1-2H3,(H,27,28,30)/t2*17-,18+,19?;16-,17+,18?;. The van der Waals surface area contributed by atoms with Crippen LogP contribution in [0.5, 0.6) is 0 Å². The zero-order valence-electron chi connectivity index (χ0n) is 70.4. The quantitative estimate of drug-likeness (QED) is 0.0276. The van der Waals surface area contributed by atoms with Crippen molar-refractivity contribution >= 4 is 58.2 Å². The molecule has 3 unspecified atom stereocenters. The van der Waals surface area contributed by atoms with Crippen LogP contribution in [0.1, 0.15) is 195 Å². The Morgan fingerprint density at radius 3 is 1.16 bits per heavy atom. The smallest absolute Gasteiger partial charge is 0.352 e. The number of aryl methyl sites for hydroxylation is 5. The highest BCUT2D eigenvalue weighted by Gasteiger charge is 2.55. The van der Waals surface area contributed by atoms with Crippen LogP contribution in [0.3, 0.4) is 0 Å². The van der Waals surface area contributed by atoms with Crippen molar-refractivity contribution in [2.24, 2.45) is 0 Å². The number of aliphatic hydroxyl groups excluding tert-OH is 3. The maximum atomic E-state index is 15.4. The molecule has 9 atom stereocenters. The van der Waals surface area contributed by atoms with Crippen molar-refractivity contribution in [1.82, 2.24) is 29.6 Å². The molecule has 35 heteroatoms. The number of hydrogen-bond donors (Lipinski definition) is 8. The Morgan fingerprint density at radius 1 is 0.398 bits per heavy atom. The first-order chi connectivity index (χ1) is 60.2. The minimum absolute atomic E-state index is 0.0305. The van der Waals surface area contributed by atoms with Crippen molar-refractivity contribution in [3.8, 4) is 0 Å². The van der Waals surface area contributed by atoms with Crippen LogP contribution < -0.4 is 21.3 Å². The largest absolute Gasteiger partial charge is 0.393 e. The summed E-state index contributed by atoms with van der Waals surface area (Å²) in [5, 5.41) is 49.8. The van der Waals surface area contributed by atoms with Gasteiger partial charge in [0.15, 0.2) is 0 Å². The highest BCUT2D eigenvalue weighted by atomic mass is 19.3. The number of carbonyl (C=O) groups is 6. The molecule has 8 aromatic rings. The summed E-state index contributed by atoms with van der Waals surface area (Å²) in [6, 6.07) is 22.2. The van der Waals surface area contributed by atoms with Gasteiger partial charge in [-0.05, 0) is 263 Å². The number of benzene rings is 6. The Morgan fingerprint density at radius 2 is 0.750 bits per heavy atom. The van der Waals surface area contributed by atoms with Gasteiger partial charge < -0.3 is 61.3 Å². The van der Waals surface area contributed by atoms with Gasteiger partial charge in [0.1, 0.15) is 29.1 Å². The summed E-state index contributed by atoms with van der Waals surface area (Å²) in [7, 11) is 0. The van der Waals surface area contributed by atoms with E-state index in [2.05, 4.69) is 44.4 Å². The Kier molecular flexibility index (Phi) is 28.6. The predicted octanol–water partition coefficient (Wildman–Crippen LogP) is 17.7. The van der Waals surface area contributed by atoms with Gasteiger partial charge in [-0.2, -0.15) is 43.9 Å². The summed E-state index contributed by atoms with van der Waals surface area (Å²) in [6.07, 6.45) is 5.11. The first-order valence-corrected chi connectivity index (χ1v) is 41.6. The van der Waals surface area contributed by atoms with Gasteiger partial charge in [-0.15, -0.1) is 0 Å². The topological polar surface area (TPSA) is 270 Å². The number of carbonyl (C=O) groups excluding carboxylic acids is 6. The van der Waals surface area contributed by atoms with E-state index < -0.39 is 175 Å². The average Bonchev–Trinajstić information content (AvgIpc) is 1.61. The van der Waals surface area contributed by atoms with E-state index in [0.29, 0.717) is 113 Å². The van der Waals surface area contributed by atoms with Crippen LogP contribution >= 0.6 is 0 Å². The summed E-state index contributed by atoms with van der Waals surface area (Å²) in [5.41, 5.74) is -4.21. The lowest BCUT2D eigenvalue weighted by atomic mass is 9.88. The minimum atomic E-state index is -4.22. The maximum Gasteiger partial charge on any atom is 0.352 e. The molecular weight excluding hydrogens is 1700 g/mol. The number of pyridine rings is 2. The fourth-order valence-electron chi connectivity index (χ4n) is 17.8. The maximum absolute atomic E-state index is 15.4. The summed E-state index contributed by atoms with van der Waals surface area (Å²) < 4.78 is 219. The fraction of sp³-hybridized carbons (Fsp3) is 0.398. The Hall–Kier alpha value is -11.7. The van der Waals surface area contributed by atoms with Crippen LogP contribution in [-0.4, -0.2) is 159 Å². The highest BCUT2D eigenvalue weighted by molar-refractivity contribution is 6.07. The summed E-state index contributed by atoms with van der Waals surface area (Å²) in [4.78, 5) is 88.0. The number of piperidine rings is 4. The van der Waals surface area contributed by atoms with Crippen LogP contribution in [0.15, 0.2) is 158 Å². The molecule has 15 rings (SSSR count). The monoisotopic (exact) mass is 1800 g/mol. The van der Waals surface area contributed by atoms with Gasteiger partial charge in [0.05, 0.1) is 52.0 Å². The van der Waals surface area contributed by atoms with Crippen molar-refractivity contribution in [2.45, 2.75) is 222 Å². The number of amides is 6. The number of anilines is 4. The predicted molar refractivity (Wildman–Crippen MR) is 444 cm³/mol. The Labute approximate surface area is 727 Å². The van der Waals surface area contributed by atoms with Gasteiger partial charge >= 0.3 is 23.7 Å². The number of likely N-dealkylation sites (tertiary alicyclic amines) is 1. The normalized spacial score (nSPS) is 21.0. The molecule has 6 amide bonds. The van der Waals surface area contributed by atoms with Gasteiger partial charge in [-0.25, -0.2) is 31.9 Å². The van der Waals surface area contributed by atoms with E-state index in [0.717, 1.165) is 71.6 Å². The molecule has 20 nitrogen and oxygen atoms in total. The third kappa shape index (κ3) is 21.0. The van der Waals surface area contributed by atoms with Crippen LogP contribution in [0.4, 0.5) is 88.6 Å². The van der Waals surface area contributed by atoms with Crippen molar-refractivity contribution in [3.63, 3.8) is 0 Å². The second-order valence-electron chi connectivity index (χ2n) is 33.6. The molecule has 128 heavy (non-hydrogen) atoms. The number of aromatic nitrogens is 2. The second kappa shape index (κ2) is 38.3. The molecule has 7 aliphatic rings. The van der Waals surface area contributed by atoms with E-state index in [1.807, 2.05) is 0 Å². The highest BCUT2D eigenvalue weighted by Crippen LogP contribution is 2.50. The molecule has 8 N–H and O–H groups in total. The van der Waals surface area contributed by atoms with E-state index in [9.17, 15) is 88.7 Å². The van der Waals surface area contributed by atoms with Crippen LogP contribution in [0.2, 0.25) is 0 Å². The molecule has 0 spiro atoms. The summed E-state index contributed by atoms with van der Waals surface area (Å²) >= 11 is 0. The third-order valence-electron chi connectivity index (χ3n) is 24.6. The van der Waals surface area contributed by atoms with Gasteiger partial charge in [0.2, 0.25) is 11.9 Å². The van der Waals surface area contributed by atoms with Gasteiger partial charge in [0.25, 0.3) is 35.4 Å². The lowest BCUT2D eigenvalue weighted by Gasteiger charge is -2.42.